The number of hydrogen-bond donors (Lipinski definition) is 1. The fourth-order valence-electron chi connectivity index (χ4n) is 3.44. The molecule has 0 aliphatic carbocycles. The van der Waals surface area contributed by atoms with Gasteiger partial charge >= 0.3 is 5.97 Å². The Morgan fingerprint density at radius 1 is 1.42 bits per heavy atom. The average molecular weight is 329 g/mol. The lowest BCUT2D eigenvalue weighted by atomic mass is 10.0. The zero-order valence-electron chi connectivity index (χ0n) is 14.3. The van der Waals surface area contributed by atoms with Gasteiger partial charge in [-0.2, -0.15) is 0 Å². The number of likely N-dealkylation sites (tertiary alicyclic amines) is 1. The highest BCUT2D eigenvalue weighted by molar-refractivity contribution is 5.90. The van der Waals surface area contributed by atoms with E-state index in [2.05, 4.69) is 4.98 Å². The summed E-state index contributed by atoms with van der Waals surface area (Å²) in [4.78, 5) is 31.8. The zero-order chi connectivity index (χ0) is 17.3. The summed E-state index contributed by atoms with van der Waals surface area (Å²) in [5, 5.41) is 1.07. The Kier molecular flexibility index (Phi) is 4.57. The maximum absolute atomic E-state index is 12.7. The molecule has 6 nitrogen and oxygen atoms in total. The third kappa shape index (κ3) is 2.89. The number of rotatable bonds is 5. The highest BCUT2D eigenvalue weighted by Gasteiger charge is 2.40. The van der Waals surface area contributed by atoms with Crippen molar-refractivity contribution in [2.24, 2.45) is 0 Å². The number of para-hydroxylation sites is 1. The lowest BCUT2D eigenvalue weighted by molar-refractivity contribution is -0.152. The highest BCUT2D eigenvalue weighted by Crippen LogP contribution is 2.24. The summed E-state index contributed by atoms with van der Waals surface area (Å²) in [6.45, 7) is 0.573. The van der Waals surface area contributed by atoms with E-state index in [1.165, 1.54) is 7.11 Å². The zero-order valence-corrected chi connectivity index (χ0v) is 14.3. The van der Waals surface area contributed by atoms with Crippen LogP contribution in [0.4, 0.5) is 0 Å². The summed E-state index contributed by atoms with van der Waals surface area (Å²) >= 11 is 0. The molecule has 1 amide bonds. The standard InChI is InChI=1S/C18H23N3O3/c1-20(2)15-8-9-21(17(15)22)16(18(23)24-3)10-12-11-19-14-7-5-4-6-13(12)14/h4-7,11,15-16,19H,8-10H2,1-3H3. The number of benzene rings is 1. The number of hydrogen-bond acceptors (Lipinski definition) is 4. The van der Waals surface area contributed by atoms with Crippen molar-refractivity contribution in [3.8, 4) is 0 Å². The van der Waals surface area contributed by atoms with Crippen molar-refractivity contribution in [1.82, 2.24) is 14.8 Å². The normalized spacial score (nSPS) is 19.2. The molecule has 6 heteroatoms. The third-order valence-corrected chi connectivity index (χ3v) is 4.77. The van der Waals surface area contributed by atoms with Crippen LogP contribution < -0.4 is 0 Å². The molecule has 1 saturated heterocycles. The second kappa shape index (κ2) is 6.65. The van der Waals surface area contributed by atoms with Gasteiger partial charge in [-0.15, -0.1) is 0 Å². The number of amides is 1. The fraction of sp³-hybridized carbons (Fsp3) is 0.444. The molecule has 0 saturated carbocycles. The molecule has 0 bridgehead atoms. The van der Waals surface area contributed by atoms with Gasteiger partial charge in [0.15, 0.2) is 0 Å². The number of carbonyl (C=O) groups excluding carboxylic acids is 2. The van der Waals surface area contributed by atoms with Gasteiger partial charge in [0.05, 0.1) is 13.2 Å². The summed E-state index contributed by atoms with van der Waals surface area (Å²) in [6, 6.07) is 7.19. The Labute approximate surface area is 141 Å². The van der Waals surface area contributed by atoms with Crippen molar-refractivity contribution in [1.29, 1.82) is 0 Å². The molecule has 3 rings (SSSR count). The molecule has 1 aliphatic rings. The second-order valence-corrected chi connectivity index (χ2v) is 6.40. The number of carbonyl (C=O) groups is 2. The fourth-order valence-corrected chi connectivity index (χ4v) is 3.44. The Balaban J connectivity index is 1.88. The van der Waals surface area contributed by atoms with Gasteiger partial charge in [0.25, 0.3) is 0 Å². The molecule has 128 valence electrons. The molecule has 0 spiro atoms. The van der Waals surface area contributed by atoms with Crippen molar-refractivity contribution < 1.29 is 14.3 Å². The molecule has 24 heavy (non-hydrogen) atoms. The first-order chi connectivity index (χ1) is 11.5. The molecule has 2 aromatic rings. The predicted molar refractivity (Wildman–Crippen MR) is 91.6 cm³/mol. The topological polar surface area (TPSA) is 65.6 Å². The van der Waals surface area contributed by atoms with Gasteiger partial charge in [0.1, 0.15) is 6.04 Å². The van der Waals surface area contributed by atoms with Crippen LogP contribution in [0, 0.1) is 0 Å². The van der Waals surface area contributed by atoms with Gasteiger partial charge in [-0.3, -0.25) is 9.69 Å². The molecule has 1 fully saturated rings. The largest absolute Gasteiger partial charge is 0.467 e. The molecule has 1 N–H and O–H groups in total. The number of likely N-dealkylation sites (N-methyl/N-ethyl adjacent to an activating group) is 1. The number of esters is 1. The van der Waals surface area contributed by atoms with E-state index < -0.39 is 6.04 Å². The SMILES string of the molecule is COC(=O)C(Cc1c[nH]c2ccccc12)N1CCC(N(C)C)C1=O. The number of nitrogens with zero attached hydrogens (tertiary/aromatic N) is 2. The average Bonchev–Trinajstić information content (AvgIpc) is 3.16. The minimum absolute atomic E-state index is 0.00441. The number of aromatic nitrogens is 1. The molecule has 2 heterocycles. The third-order valence-electron chi connectivity index (χ3n) is 4.77. The highest BCUT2D eigenvalue weighted by atomic mass is 16.5. The van der Waals surface area contributed by atoms with E-state index in [4.69, 9.17) is 4.74 Å². The minimum atomic E-state index is -0.591. The van der Waals surface area contributed by atoms with Crippen molar-refractivity contribution in [2.75, 3.05) is 27.7 Å². The van der Waals surface area contributed by atoms with Crippen LogP contribution in [0.25, 0.3) is 10.9 Å². The van der Waals surface area contributed by atoms with Crippen LogP contribution in [0.15, 0.2) is 30.5 Å². The van der Waals surface area contributed by atoms with Crippen molar-refractivity contribution in [2.45, 2.75) is 24.9 Å². The van der Waals surface area contributed by atoms with Crippen molar-refractivity contribution in [3.63, 3.8) is 0 Å². The van der Waals surface area contributed by atoms with Gasteiger partial charge in [-0.05, 0) is 32.1 Å². The lowest BCUT2D eigenvalue weighted by Crippen LogP contribution is -2.47. The Morgan fingerprint density at radius 2 is 2.17 bits per heavy atom. The van der Waals surface area contributed by atoms with Crippen LogP contribution >= 0.6 is 0 Å². The number of H-pyrrole nitrogens is 1. The lowest BCUT2D eigenvalue weighted by Gasteiger charge is -2.27. The first-order valence-electron chi connectivity index (χ1n) is 8.12. The van der Waals surface area contributed by atoms with Crippen LogP contribution in [-0.4, -0.2) is 66.5 Å². The van der Waals surface area contributed by atoms with E-state index in [9.17, 15) is 9.59 Å². The summed E-state index contributed by atoms with van der Waals surface area (Å²) in [6.07, 6.45) is 3.08. The van der Waals surface area contributed by atoms with E-state index in [0.717, 1.165) is 22.9 Å². The quantitative estimate of drug-likeness (QED) is 0.843. The van der Waals surface area contributed by atoms with E-state index >= 15 is 0 Å². The number of nitrogens with one attached hydrogen (secondary N) is 1. The molecule has 1 aromatic carbocycles. The smallest absolute Gasteiger partial charge is 0.328 e. The maximum atomic E-state index is 12.7. The van der Waals surface area contributed by atoms with E-state index in [0.29, 0.717) is 13.0 Å². The molecular formula is C18H23N3O3. The molecule has 1 aromatic heterocycles. The monoisotopic (exact) mass is 329 g/mol. The van der Waals surface area contributed by atoms with Crippen LogP contribution in [-0.2, 0) is 20.7 Å². The van der Waals surface area contributed by atoms with Gasteiger partial charge in [-0.1, -0.05) is 18.2 Å². The summed E-state index contributed by atoms with van der Waals surface area (Å²) in [7, 11) is 5.15. The van der Waals surface area contributed by atoms with Gasteiger partial charge < -0.3 is 14.6 Å². The van der Waals surface area contributed by atoms with Gasteiger partial charge in [0, 0.05) is 30.1 Å². The van der Waals surface area contributed by atoms with Crippen LogP contribution in [0.2, 0.25) is 0 Å². The molecular weight excluding hydrogens is 306 g/mol. The molecule has 0 radical (unpaired) electrons. The first kappa shape index (κ1) is 16.5. The van der Waals surface area contributed by atoms with E-state index in [-0.39, 0.29) is 17.9 Å². The number of ether oxygens (including phenoxy) is 1. The number of aromatic amines is 1. The van der Waals surface area contributed by atoms with E-state index in [1.807, 2.05) is 49.5 Å². The Bertz CT molecular complexity index is 753. The number of fused-ring (bicyclic) bond motifs is 1. The van der Waals surface area contributed by atoms with Crippen LogP contribution in [0.5, 0.6) is 0 Å². The second-order valence-electron chi connectivity index (χ2n) is 6.40. The van der Waals surface area contributed by atoms with Gasteiger partial charge in [-0.25, -0.2) is 4.79 Å². The van der Waals surface area contributed by atoms with E-state index in [1.54, 1.807) is 4.90 Å². The summed E-state index contributed by atoms with van der Waals surface area (Å²) < 4.78 is 4.97. The van der Waals surface area contributed by atoms with Gasteiger partial charge in [0.2, 0.25) is 5.91 Å². The first-order valence-corrected chi connectivity index (χ1v) is 8.12. The maximum Gasteiger partial charge on any atom is 0.328 e. The Hall–Kier alpha value is -2.34. The van der Waals surface area contributed by atoms with Crippen molar-refractivity contribution in [3.05, 3.63) is 36.0 Å². The summed E-state index contributed by atoms with van der Waals surface area (Å²) in [5.41, 5.74) is 2.04. The van der Waals surface area contributed by atoms with Crippen molar-refractivity contribution >= 4 is 22.8 Å². The molecule has 2 atom stereocenters. The van der Waals surface area contributed by atoms with Crippen LogP contribution in [0.3, 0.4) is 0 Å². The Morgan fingerprint density at radius 3 is 2.83 bits per heavy atom. The predicted octanol–water partition coefficient (Wildman–Crippen LogP) is 1.41. The van der Waals surface area contributed by atoms with Crippen LogP contribution in [0.1, 0.15) is 12.0 Å². The molecule has 2 unspecified atom stereocenters. The summed E-state index contributed by atoms with van der Waals surface area (Å²) in [5.74, 6) is -0.372. The number of methoxy groups -OCH3 is 1. The molecule has 1 aliphatic heterocycles. The minimum Gasteiger partial charge on any atom is -0.467 e.